The van der Waals surface area contributed by atoms with Crippen LogP contribution >= 0.6 is 0 Å². The van der Waals surface area contributed by atoms with Crippen molar-refractivity contribution in [1.29, 1.82) is 0 Å². The molecule has 5 rings (SSSR count). The average Bonchev–Trinajstić information content (AvgIpc) is 3.17. The minimum Gasteiger partial charge on any atom is -0.485 e. The summed E-state index contributed by atoms with van der Waals surface area (Å²) in [6.45, 7) is 12.3. The number of hydrogen-bond donors (Lipinski definition) is 2. The van der Waals surface area contributed by atoms with Crippen LogP contribution in [0.5, 0.6) is 5.75 Å². The van der Waals surface area contributed by atoms with E-state index in [0.717, 1.165) is 33.8 Å². The molecule has 2 aromatic heterocycles. The molecule has 9 nitrogen and oxygen atoms in total. The fraction of sp³-hybridized carbons (Fsp3) is 0.467. The van der Waals surface area contributed by atoms with E-state index in [2.05, 4.69) is 65.2 Å². The summed E-state index contributed by atoms with van der Waals surface area (Å²) in [5.74, 6) is -0.418. The van der Waals surface area contributed by atoms with Crippen molar-refractivity contribution >= 4 is 12.0 Å². The third-order valence-corrected chi connectivity index (χ3v) is 8.47. The molecule has 0 spiro atoms. The predicted molar refractivity (Wildman–Crippen MR) is 149 cm³/mol. The molecule has 3 heterocycles. The van der Waals surface area contributed by atoms with Crippen LogP contribution < -0.4 is 10.3 Å². The molecule has 1 aliphatic carbocycles. The number of carboxylic acids is 1. The average molecular weight is 532 g/mol. The Morgan fingerprint density at radius 3 is 2.77 bits per heavy atom. The highest BCUT2D eigenvalue weighted by Crippen LogP contribution is 2.52. The lowest BCUT2D eigenvalue weighted by Crippen LogP contribution is -2.40. The molecule has 0 bridgehead atoms. The summed E-state index contributed by atoms with van der Waals surface area (Å²) in [4.78, 5) is 29.4. The van der Waals surface area contributed by atoms with Gasteiger partial charge in [0.05, 0.1) is 23.5 Å². The SMILES string of the molecule is Cc1ccc([C@H](CC(=O)O)C2(C)C=Cc3c(nnn3C)C2C)cc1CN1Cc2[nH]c(=O)ccc2OC(C)(C)C1. The normalized spacial score (nSPS) is 22.9. The van der Waals surface area contributed by atoms with Gasteiger partial charge in [0, 0.05) is 50.0 Å². The Morgan fingerprint density at radius 1 is 1.26 bits per heavy atom. The number of aromatic amines is 1. The Kier molecular flexibility index (Phi) is 6.74. The molecule has 0 radical (unpaired) electrons. The monoisotopic (exact) mass is 531 g/mol. The van der Waals surface area contributed by atoms with Gasteiger partial charge >= 0.3 is 5.97 Å². The van der Waals surface area contributed by atoms with Crippen molar-refractivity contribution in [1.82, 2.24) is 24.9 Å². The van der Waals surface area contributed by atoms with E-state index in [4.69, 9.17) is 4.74 Å². The molecule has 1 aromatic carbocycles. The van der Waals surface area contributed by atoms with Crippen LogP contribution in [0.3, 0.4) is 0 Å². The molecule has 0 amide bonds. The highest BCUT2D eigenvalue weighted by molar-refractivity contribution is 5.69. The van der Waals surface area contributed by atoms with Crippen LogP contribution in [0.15, 0.2) is 41.2 Å². The lowest BCUT2D eigenvalue weighted by atomic mass is 9.62. The van der Waals surface area contributed by atoms with Gasteiger partial charge in [0.1, 0.15) is 11.4 Å². The van der Waals surface area contributed by atoms with Crippen LogP contribution in [0.25, 0.3) is 6.08 Å². The minimum atomic E-state index is -0.833. The molecule has 1 aliphatic heterocycles. The van der Waals surface area contributed by atoms with Crippen LogP contribution in [0.2, 0.25) is 0 Å². The van der Waals surface area contributed by atoms with Gasteiger partial charge in [0.2, 0.25) is 5.56 Å². The number of rotatable bonds is 6. The zero-order chi connectivity index (χ0) is 28.1. The van der Waals surface area contributed by atoms with Crippen LogP contribution in [-0.2, 0) is 24.9 Å². The number of aliphatic carboxylic acids is 1. The number of pyridine rings is 1. The van der Waals surface area contributed by atoms with E-state index in [1.165, 1.54) is 6.07 Å². The van der Waals surface area contributed by atoms with Crippen molar-refractivity contribution < 1.29 is 14.6 Å². The van der Waals surface area contributed by atoms with Crippen molar-refractivity contribution in [3.63, 3.8) is 0 Å². The molecule has 9 heteroatoms. The van der Waals surface area contributed by atoms with Crippen LogP contribution in [0.1, 0.15) is 79.7 Å². The first-order chi connectivity index (χ1) is 18.4. The molecule has 39 heavy (non-hydrogen) atoms. The predicted octanol–water partition coefficient (Wildman–Crippen LogP) is 4.38. The summed E-state index contributed by atoms with van der Waals surface area (Å²) in [6.07, 6.45) is 4.16. The van der Waals surface area contributed by atoms with Crippen molar-refractivity contribution in [3.8, 4) is 5.75 Å². The van der Waals surface area contributed by atoms with Gasteiger partial charge in [0.15, 0.2) is 0 Å². The zero-order valence-corrected chi connectivity index (χ0v) is 23.5. The number of H-pyrrole nitrogens is 1. The first-order valence-electron chi connectivity index (χ1n) is 13.4. The molecular formula is C30H37N5O4. The lowest BCUT2D eigenvalue weighted by molar-refractivity contribution is -0.138. The zero-order valence-electron chi connectivity index (χ0n) is 23.5. The number of nitrogens with one attached hydrogen (secondary N) is 1. The molecule has 0 fully saturated rings. The number of aryl methyl sites for hydroxylation is 2. The summed E-state index contributed by atoms with van der Waals surface area (Å²) >= 11 is 0. The largest absolute Gasteiger partial charge is 0.485 e. The number of carboxylic acid groups (broad SMARTS) is 1. The van der Waals surface area contributed by atoms with E-state index in [1.54, 1.807) is 10.7 Å². The Morgan fingerprint density at radius 2 is 2.03 bits per heavy atom. The second kappa shape index (κ2) is 9.79. The maximum absolute atomic E-state index is 12.1. The molecular weight excluding hydrogens is 494 g/mol. The van der Waals surface area contributed by atoms with E-state index in [1.807, 2.05) is 27.0 Å². The lowest BCUT2D eigenvalue weighted by Gasteiger charge is -2.41. The standard InChI is InChI=1S/C30H37N5O4/c1-18-7-8-20(22(14-27(37)38)30(5)12-11-24-28(19(30)2)32-33-34(24)6)13-21(18)15-35-16-23-25(9-10-26(36)31-23)39-29(3,4)17-35/h7-13,19,22H,14-17H2,1-6H3,(H,31,36)(H,37,38)/t19?,22-,30?/m0/s1. The van der Waals surface area contributed by atoms with E-state index >= 15 is 0 Å². The Bertz CT molecular complexity index is 1500. The number of allylic oxidation sites excluding steroid dienone is 1. The number of nitrogens with zero attached hydrogens (tertiary/aromatic N) is 4. The van der Waals surface area contributed by atoms with Gasteiger partial charge in [0.25, 0.3) is 0 Å². The fourth-order valence-corrected chi connectivity index (χ4v) is 6.17. The van der Waals surface area contributed by atoms with Crippen LogP contribution in [0, 0.1) is 12.3 Å². The van der Waals surface area contributed by atoms with Crippen molar-refractivity contribution in [3.05, 3.63) is 80.5 Å². The Labute approximate surface area is 228 Å². The number of aromatic nitrogens is 4. The topological polar surface area (TPSA) is 113 Å². The Balaban J connectivity index is 1.50. The summed E-state index contributed by atoms with van der Waals surface area (Å²) in [5.41, 5.74) is 4.79. The van der Waals surface area contributed by atoms with Gasteiger partial charge in [-0.3, -0.25) is 14.5 Å². The number of benzene rings is 1. The summed E-state index contributed by atoms with van der Waals surface area (Å²) < 4.78 is 8.00. The van der Waals surface area contributed by atoms with Crippen LogP contribution in [0.4, 0.5) is 0 Å². The quantitative estimate of drug-likeness (QED) is 0.485. The van der Waals surface area contributed by atoms with Gasteiger partial charge in [-0.25, -0.2) is 4.68 Å². The van der Waals surface area contributed by atoms with E-state index in [-0.39, 0.29) is 23.8 Å². The van der Waals surface area contributed by atoms with Gasteiger partial charge in [-0.1, -0.05) is 43.3 Å². The first-order valence-corrected chi connectivity index (χ1v) is 13.4. The minimum absolute atomic E-state index is 0.00245. The second-order valence-corrected chi connectivity index (χ2v) is 11.9. The van der Waals surface area contributed by atoms with E-state index < -0.39 is 17.0 Å². The Hall–Kier alpha value is -3.72. The molecule has 0 saturated carbocycles. The number of hydrogen-bond acceptors (Lipinski definition) is 6. The summed E-state index contributed by atoms with van der Waals surface area (Å²) in [6, 6.07) is 9.54. The highest BCUT2D eigenvalue weighted by atomic mass is 16.5. The maximum atomic E-state index is 12.1. The molecule has 3 atom stereocenters. The molecule has 2 N–H and O–H groups in total. The van der Waals surface area contributed by atoms with Crippen LogP contribution in [-0.4, -0.2) is 48.1 Å². The maximum Gasteiger partial charge on any atom is 0.303 e. The van der Waals surface area contributed by atoms with Gasteiger partial charge in [-0.2, -0.15) is 0 Å². The molecule has 206 valence electrons. The number of ether oxygens (including phenoxy) is 1. The molecule has 2 unspecified atom stereocenters. The van der Waals surface area contributed by atoms with Gasteiger partial charge < -0.3 is 14.8 Å². The third kappa shape index (κ3) is 5.15. The van der Waals surface area contributed by atoms with Gasteiger partial charge in [-0.15, -0.1) is 5.10 Å². The fourth-order valence-electron chi connectivity index (χ4n) is 6.17. The molecule has 3 aromatic rings. The molecule has 2 aliphatic rings. The van der Waals surface area contributed by atoms with Gasteiger partial charge in [-0.05, 0) is 49.6 Å². The third-order valence-electron chi connectivity index (χ3n) is 8.47. The first kappa shape index (κ1) is 26.9. The highest BCUT2D eigenvalue weighted by Gasteiger charge is 2.44. The van der Waals surface area contributed by atoms with E-state index in [9.17, 15) is 14.7 Å². The second-order valence-electron chi connectivity index (χ2n) is 11.9. The van der Waals surface area contributed by atoms with Crippen molar-refractivity contribution in [2.75, 3.05) is 6.54 Å². The summed E-state index contributed by atoms with van der Waals surface area (Å²) in [7, 11) is 1.87. The number of carbonyl (C=O) groups is 1. The van der Waals surface area contributed by atoms with Crippen molar-refractivity contribution in [2.45, 2.75) is 71.6 Å². The smallest absolute Gasteiger partial charge is 0.303 e. The van der Waals surface area contributed by atoms with Crippen molar-refractivity contribution in [2.24, 2.45) is 12.5 Å². The molecule has 0 saturated heterocycles. The van der Waals surface area contributed by atoms with E-state index in [0.29, 0.717) is 25.4 Å². The number of fused-ring (bicyclic) bond motifs is 2. The summed E-state index contributed by atoms with van der Waals surface area (Å²) in [5, 5.41) is 18.6.